The van der Waals surface area contributed by atoms with Gasteiger partial charge < -0.3 is 10.1 Å². The maximum Gasteiger partial charge on any atom is 0.127 e. The predicted octanol–water partition coefficient (Wildman–Crippen LogP) is 4.92. The molecule has 0 bridgehead atoms. The van der Waals surface area contributed by atoms with Crippen molar-refractivity contribution in [1.82, 2.24) is 5.32 Å². The fourth-order valence-electron chi connectivity index (χ4n) is 2.67. The molecule has 0 fully saturated rings. The minimum Gasteiger partial charge on any atom is -0.485 e. The Kier molecular flexibility index (Phi) is 4.07. The molecule has 0 amide bonds. The van der Waals surface area contributed by atoms with Gasteiger partial charge in [-0.2, -0.15) is 0 Å². The molecule has 1 N–H and O–H groups in total. The molecule has 2 nitrogen and oxygen atoms in total. The van der Waals surface area contributed by atoms with Crippen molar-refractivity contribution >= 4 is 23.2 Å². The van der Waals surface area contributed by atoms with Gasteiger partial charge in [0, 0.05) is 33.6 Å². The van der Waals surface area contributed by atoms with Crippen LogP contribution in [-0.4, -0.2) is 7.05 Å². The van der Waals surface area contributed by atoms with Gasteiger partial charge in [0.05, 0.1) is 0 Å². The summed E-state index contributed by atoms with van der Waals surface area (Å²) in [5.41, 5.74) is 1.72. The highest BCUT2D eigenvalue weighted by atomic mass is 35.5. The SMILES string of the molecule is CNC1CC(c2ccc(Cl)cc2Cl)Oc2ccc(F)cc21. The van der Waals surface area contributed by atoms with E-state index in [1.54, 1.807) is 18.2 Å². The Hall–Kier alpha value is -1.29. The van der Waals surface area contributed by atoms with E-state index in [2.05, 4.69) is 5.32 Å². The molecule has 2 aromatic carbocycles. The van der Waals surface area contributed by atoms with Gasteiger partial charge in [0.2, 0.25) is 0 Å². The lowest BCUT2D eigenvalue weighted by atomic mass is 9.93. The molecule has 2 unspecified atom stereocenters. The van der Waals surface area contributed by atoms with E-state index in [1.807, 2.05) is 13.1 Å². The first kappa shape index (κ1) is 14.6. The number of hydrogen-bond acceptors (Lipinski definition) is 2. The third kappa shape index (κ3) is 2.86. The molecular weight excluding hydrogens is 312 g/mol. The van der Waals surface area contributed by atoms with Crippen molar-refractivity contribution in [3.05, 3.63) is 63.4 Å². The van der Waals surface area contributed by atoms with Gasteiger partial charge in [0.15, 0.2) is 0 Å². The molecule has 1 aliphatic rings. The molecule has 3 rings (SSSR count). The maximum atomic E-state index is 13.4. The van der Waals surface area contributed by atoms with E-state index >= 15 is 0 Å². The van der Waals surface area contributed by atoms with Gasteiger partial charge in [-0.15, -0.1) is 0 Å². The lowest BCUT2D eigenvalue weighted by Crippen LogP contribution is -2.27. The second-order valence-electron chi connectivity index (χ2n) is 5.03. The van der Waals surface area contributed by atoms with Gasteiger partial charge in [-0.25, -0.2) is 4.39 Å². The summed E-state index contributed by atoms with van der Waals surface area (Å²) in [6.07, 6.45) is 0.485. The van der Waals surface area contributed by atoms with Gasteiger partial charge in [-0.1, -0.05) is 29.3 Å². The lowest BCUT2D eigenvalue weighted by molar-refractivity contribution is 0.153. The summed E-state index contributed by atoms with van der Waals surface area (Å²) in [7, 11) is 1.85. The average molecular weight is 326 g/mol. The number of benzene rings is 2. The summed E-state index contributed by atoms with van der Waals surface area (Å²) in [5, 5.41) is 4.37. The van der Waals surface area contributed by atoms with E-state index in [9.17, 15) is 4.39 Å². The van der Waals surface area contributed by atoms with Gasteiger partial charge in [0.1, 0.15) is 17.7 Å². The fraction of sp³-hybridized carbons (Fsp3) is 0.250. The first-order chi connectivity index (χ1) is 10.1. The molecule has 2 aromatic rings. The van der Waals surface area contributed by atoms with Crippen molar-refractivity contribution in [2.45, 2.75) is 18.6 Å². The molecular formula is C16H14Cl2FNO. The van der Waals surface area contributed by atoms with Crippen molar-refractivity contribution in [3.63, 3.8) is 0 Å². The second-order valence-corrected chi connectivity index (χ2v) is 5.88. The van der Waals surface area contributed by atoms with Crippen molar-refractivity contribution in [2.75, 3.05) is 7.05 Å². The van der Waals surface area contributed by atoms with Crippen LogP contribution < -0.4 is 10.1 Å². The topological polar surface area (TPSA) is 21.3 Å². The highest BCUT2D eigenvalue weighted by Crippen LogP contribution is 2.42. The molecule has 5 heteroatoms. The summed E-state index contributed by atoms with van der Waals surface area (Å²) < 4.78 is 19.4. The van der Waals surface area contributed by atoms with E-state index < -0.39 is 0 Å². The van der Waals surface area contributed by atoms with Crippen LogP contribution in [0, 0.1) is 5.82 Å². The number of ether oxygens (including phenoxy) is 1. The van der Waals surface area contributed by atoms with E-state index in [-0.39, 0.29) is 18.0 Å². The van der Waals surface area contributed by atoms with Crippen molar-refractivity contribution in [2.24, 2.45) is 0 Å². The molecule has 2 atom stereocenters. The average Bonchev–Trinajstić information content (AvgIpc) is 2.46. The molecule has 110 valence electrons. The predicted molar refractivity (Wildman–Crippen MR) is 82.6 cm³/mol. The Balaban J connectivity index is 1.98. The first-order valence-corrected chi connectivity index (χ1v) is 7.42. The van der Waals surface area contributed by atoms with Crippen LogP contribution in [0.3, 0.4) is 0 Å². The largest absolute Gasteiger partial charge is 0.485 e. The third-order valence-corrected chi connectivity index (χ3v) is 4.29. The molecule has 0 spiro atoms. The second kappa shape index (κ2) is 5.84. The molecule has 1 aliphatic heterocycles. The maximum absolute atomic E-state index is 13.4. The van der Waals surface area contributed by atoms with Gasteiger partial charge in [-0.3, -0.25) is 0 Å². The Morgan fingerprint density at radius 3 is 2.67 bits per heavy atom. The number of hydrogen-bond donors (Lipinski definition) is 1. The molecule has 21 heavy (non-hydrogen) atoms. The zero-order valence-electron chi connectivity index (χ0n) is 11.4. The minimum absolute atomic E-state index is 0.0150. The summed E-state index contributed by atoms with van der Waals surface area (Å²) in [4.78, 5) is 0. The summed E-state index contributed by atoms with van der Waals surface area (Å²) in [6.45, 7) is 0. The Morgan fingerprint density at radius 1 is 1.14 bits per heavy atom. The minimum atomic E-state index is -0.263. The summed E-state index contributed by atoms with van der Waals surface area (Å²) in [5.74, 6) is 0.415. The van der Waals surface area contributed by atoms with Gasteiger partial charge in [-0.05, 0) is 37.4 Å². The Bertz CT molecular complexity index is 677. The number of halogens is 3. The monoisotopic (exact) mass is 325 g/mol. The standard InChI is InChI=1S/C16H14Cl2FNO/c1-20-14-8-16(11-4-2-9(17)6-13(11)18)21-15-5-3-10(19)7-12(14)15/h2-7,14,16,20H,8H2,1H3. The molecule has 0 aliphatic carbocycles. The van der Waals surface area contributed by atoms with E-state index in [0.717, 1.165) is 11.1 Å². The Morgan fingerprint density at radius 2 is 1.95 bits per heavy atom. The molecule has 0 radical (unpaired) electrons. The molecule has 0 aromatic heterocycles. The van der Waals surface area contributed by atoms with Crippen LogP contribution in [0.25, 0.3) is 0 Å². The van der Waals surface area contributed by atoms with Crippen LogP contribution >= 0.6 is 23.2 Å². The highest BCUT2D eigenvalue weighted by molar-refractivity contribution is 6.35. The zero-order valence-corrected chi connectivity index (χ0v) is 12.9. The first-order valence-electron chi connectivity index (χ1n) is 6.67. The fourth-order valence-corrected chi connectivity index (χ4v) is 3.20. The quantitative estimate of drug-likeness (QED) is 0.846. The van der Waals surface area contributed by atoms with Gasteiger partial charge in [0.25, 0.3) is 0 Å². The summed E-state index contributed by atoms with van der Waals surface area (Å²) in [6, 6.07) is 9.95. The van der Waals surface area contributed by atoms with E-state index in [0.29, 0.717) is 22.2 Å². The van der Waals surface area contributed by atoms with Crippen LogP contribution in [-0.2, 0) is 0 Å². The molecule has 0 saturated heterocycles. The third-order valence-electron chi connectivity index (χ3n) is 3.72. The molecule has 0 saturated carbocycles. The highest BCUT2D eigenvalue weighted by Gasteiger charge is 2.30. The zero-order chi connectivity index (χ0) is 15.0. The van der Waals surface area contributed by atoms with Crippen molar-refractivity contribution < 1.29 is 9.13 Å². The van der Waals surface area contributed by atoms with E-state index in [4.69, 9.17) is 27.9 Å². The van der Waals surface area contributed by atoms with Crippen LogP contribution in [0.1, 0.15) is 29.7 Å². The van der Waals surface area contributed by atoms with Crippen molar-refractivity contribution in [1.29, 1.82) is 0 Å². The van der Waals surface area contributed by atoms with Crippen molar-refractivity contribution in [3.8, 4) is 5.75 Å². The smallest absolute Gasteiger partial charge is 0.127 e. The van der Waals surface area contributed by atoms with Crippen LogP contribution in [0.2, 0.25) is 10.0 Å². The number of fused-ring (bicyclic) bond motifs is 1. The van der Waals surface area contributed by atoms with Gasteiger partial charge >= 0.3 is 0 Å². The van der Waals surface area contributed by atoms with Crippen LogP contribution in [0.15, 0.2) is 36.4 Å². The van der Waals surface area contributed by atoms with Crippen LogP contribution in [0.5, 0.6) is 5.75 Å². The number of nitrogens with one attached hydrogen (secondary N) is 1. The lowest BCUT2D eigenvalue weighted by Gasteiger charge is -2.32. The molecule has 1 heterocycles. The number of rotatable bonds is 2. The normalized spacial score (nSPS) is 20.8. The Labute approximate surface area is 132 Å². The van der Waals surface area contributed by atoms with E-state index in [1.165, 1.54) is 12.1 Å². The van der Waals surface area contributed by atoms with Crippen LogP contribution in [0.4, 0.5) is 4.39 Å². The summed E-state index contributed by atoms with van der Waals surface area (Å²) >= 11 is 12.2.